The third kappa shape index (κ3) is 4.13. The van der Waals surface area contributed by atoms with Gasteiger partial charge in [0.1, 0.15) is 0 Å². The lowest BCUT2D eigenvalue weighted by atomic mass is 9.91. The quantitative estimate of drug-likeness (QED) is 0.751. The first-order chi connectivity index (χ1) is 14.2. The van der Waals surface area contributed by atoms with Crippen LogP contribution in [0.25, 0.3) is 10.9 Å². The van der Waals surface area contributed by atoms with Crippen molar-refractivity contribution >= 4 is 16.6 Å². The number of terminal acetylenes is 1. The van der Waals surface area contributed by atoms with E-state index in [0.717, 1.165) is 74.1 Å². The number of rotatable bonds is 6. The van der Waals surface area contributed by atoms with Gasteiger partial charge < -0.3 is 19.7 Å². The third-order valence-corrected chi connectivity index (χ3v) is 6.28. The molecule has 5 heteroatoms. The van der Waals surface area contributed by atoms with E-state index in [2.05, 4.69) is 22.2 Å². The first kappa shape index (κ1) is 19.8. The lowest BCUT2D eigenvalue weighted by Gasteiger charge is -2.34. The lowest BCUT2D eigenvalue weighted by Crippen LogP contribution is -2.39. The number of hydrogen-bond donors (Lipinski definition) is 1. The predicted molar refractivity (Wildman–Crippen MR) is 118 cm³/mol. The number of methoxy groups -OCH3 is 2. The van der Waals surface area contributed by atoms with Gasteiger partial charge in [-0.25, -0.2) is 0 Å². The second-order valence-corrected chi connectivity index (χ2v) is 8.06. The van der Waals surface area contributed by atoms with E-state index in [1.807, 2.05) is 6.07 Å². The number of aromatic nitrogens is 1. The normalized spacial score (nSPS) is 17.6. The topological polar surface area (TPSA) is 46.6 Å². The molecule has 5 nitrogen and oxygen atoms in total. The van der Waals surface area contributed by atoms with E-state index in [0.29, 0.717) is 6.04 Å². The molecule has 0 spiro atoms. The summed E-state index contributed by atoms with van der Waals surface area (Å²) in [6, 6.07) is 4.57. The summed E-state index contributed by atoms with van der Waals surface area (Å²) in [5, 5.41) is 5.05. The van der Waals surface area contributed by atoms with Crippen LogP contribution in [0.3, 0.4) is 0 Å². The number of aryl methyl sites for hydroxylation is 1. The summed E-state index contributed by atoms with van der Waals surface area (Å²) in [6.07, 6.45) is 13.1. The molecule has 1 N–H and O–H groups in total. The van der Waals surface area contributed by atoms with Crippen molar-refractivity contribution in [2.24, 2.45) is 0 Å². The van der Waals surface area contributed by atoms with Crippen molar-refractivity contribution in [3.05, 3.63) is 23.4 Å². The second-order valence-electron chi connectivity index (χ2n) is 8.06. The van der Waals surface area contributed by atoms with Gasteiger partial charge in [-0.2, -0.15) is 0 Å². The molecule has 1 aliphatic carbocycles. The van der Waals surface area contributed by atoms with Crippen molar-refractivity contribution in [3.8, 4) is 23.8 Å². The van der Waals surface area contributed by atoms with Gasteiger partial charge in [0.25, 0.3) is 0 Å². The zero-order chi connectivity index (χ0) is 20.2. The number of piperidine rings is 1. The highest BCUT2D eigenvalue weighted by atomic mass is 16.5. The smallest absolute Gasteiger partial charge is 0.162 e. The fraction of sp³-hybridized carbons (Fsp3) is 0.542. The molecule has 0 amide bonds. The summed E-state index contributed by atoms with van der Waals surface area (Å²) in [5.74, 6) is 4.24. The monoisotopic (exact) mass is 393 g/mol. The Balaban J connectivity index is 1.66. The van der Waals surface area contributed by atoms with Crippen LogP contribution in [0.1, 0.15) is 43.4 Å². The van der Waals surface area contributed by atoms with Crippen LogP contribution < -0.4 is 14.8 Å². The molecule has 29 heavy (non-hydrogen) atoms. The molecule has 1 aromatic heterocycles. The van der Waals surface area contributed by atoms with E-state index in [1.54, 1.807) is 14.2 Å². The van der Waals surface area contributed by atoms with E-state index in [-0.39, 0.29) is 0 Å². The van der Waals surface area contributed by atoms with Gasteiger partial charge in [-0.1, -0.05) is 0 Å². The molecule has 0 bridgehead atoms. The highest BCUT2D eigenvalue weighted by Gasteiger charge is 2.24. The van der Waals surface area contributed by atoms with E-state index in [1.165, 1.54) is 29.8 Å². The number of benzene rings is 1. The van der Waals surface area contributed by atoms with E-state index in [4.69, 9.17) is 20.9 Å². The number of hydrogen-bond acceptors (Lipinski definition) is 5. The number of fused-ring (bicyclic) bond motifs is 2. The summed E-state index contributed by atoms with van der Waals surface area (Å²) in [5.41, 5.74) is 4.88. The fourth-order valence-corrected chi connectivity index (χ4v) is 4.64. The number of nitrogens with zero attached hydrogens (tertiary/aromatic N) is 2. The summed E-state index contributed by atoms with van der Waals surface area (Å²) < 4.78 is 11.1. The third-order valence-electron chi connectivity index (χ3n) is 6.28. The minimum absolute atomic E-state index is 0.474. The predicted octanol–water partition coefficient (Wildman–Crippen LogP) is 4.03. The minimum atomic E-state index is 0.474. The molecule has 2 aromatic rings. The molecule has 1 aromatic carbocycles. The number of nitrogens with one attached hydrogen (secondary N) is 1. The van der Waals surface area contributed by atoms with Gasteiger partial charge in [0.05, 0.1) is 19.7 Å². The van der Waals surface area contributed by atoms with Crippen LogP contribution in [0.2, 0.25) is 0 Å². The van der Waals surface area contributed by atoms with Crippen molar-refractivity contribution in [3.63, 3.8) is 0 Å². The minimum Gasteiger partial charge on any atom is -0.493 e. The van der Waals surface area contributed by atoms with Gasteiger partial charge in [0, 0.05) is 54.9 Å². The van der Waals surface area contributed by atoms with Crippen molar-refractivity contribution in [2.75, 3.05) is 39.2 Å². The van der Waals surface area contributed by atoms with E-state index in [9.17, 15) is 0 Å². The standard InChI is InChI=1S/C24H31N3O2/c1-4-5-12-27-13-10-17(11-14-27)25-24-18-8-6-7-9-20(18)26-21-16-23(29-3)22(28-2)15-19(21)24/h1,15-17H,5-14H2,2-3H3,(H,25,26). The van der Waals surface area contributed by atoms with Crippen LogP contribution >= 0.6 is 0 Å². The van der Waals surface area contributed by atoms with Gasteiger partial charge in [0.2, 0.25) is 0 Å². The molecular weight excluding hydrogens is 362 g/mol. The Labute approximate surface area is 173 Å². The Hall–Kier alpha value is -2.45. The molecular formula is C24H31N3O2. The summed E-state index contributed by atoms with van der Waals surface area (Å²) in [6.45, 7) is 3.21. The molecule has 2 aliphatic rings. The van der Waals surface area contributed by atoms with Crippen LogP contribution in [-0.2, 0) is 12.8 Å². The molecule has 0 atom stereocenters. The van der Waals surface area contributed by atoms with Gasteiger partial charge in [-0.3, -0.25) is 4.98 Å². The number of ether oxygens (including phenoxy) is 2. The zero-order valence-electron chi connectivity index (χ0n) is 17.6. The molecule has 2 heterocycles. The van der Waals surface area contributed by atoms with Gasteiger partial charge >= 0.3 is 0 Å². The second kappa shape index (κ2) is 8.92. The van der Waals surface area contributed by atoms with Crippen molar-refractivity contribution in [1.29, 1.82) is 0 Å². The number of likely N-dealkylation sites (tertiary alicyclic amines) is 1. The summed E-state index contributed by atoms with van der Waals surface area (Å²) in [4.78, 5) is 7.47. The maximum Gasteiger partial charge on any atom is 0.162 e. The molecule has 4 rings (SSSR count). The maximum atomic E-state index is 5.58. The van der Waals surface area contributed by atoms with E-state index >= 15 is 0 Å². The Kier molecular flexibility index (Phi) is 6.10. The maximum absolute atomic E-state index is 5.58. The highest BCUT2D eigenvalue weighted by molar-refractivity contribution is 5.96. The van der Waals surface area contributed by atoms with Crippen LogP contribution in [-0.4, -0.2) is 49.8 Å². The molecule has 0 unspecified atom stereocenters. The Bertz CT molecular complexity index is 905. The average molecular weight is 394 g/mol. The highest BCUT2D eigenvalue weighted by Crippen LogP contribution is 2.39. The largest absolute Gasteiger partial charge is 0.493 e. The lowest BCUT2D eigenvalue weighted by molar-refractivity contribution is 0.224. The first-order valence-electron chi connectivity index (χ1n) is 10.7. The first-order valence-corrected chi connectivity index (χ1v) is 10.7. The Morgan fingerprint density at radius 2 is 1.86 bits per heavy atom. The zero-order valence-corrected chi connectivity index (χ0v) is 17.6. The van der Waals surface area contributed by atoms with Crippen LogP contribution in [0.15, 0.2) is 12.1 Å². The van der Waals surface area contributed by atoms with Gasteiger partial charge in [-0.05, 0) is 50.2 Å². The van der Waals surface area contributed by atoms with Crippen LogP contribution in [0.4, 0.5) is 5.69 Å². The summed E-state index contributed by atoms with van der Waals surface area (Å²) >= 11 is 0. The number of anilines is 1. The molecule has 0 saturated carbocycles. The van der Waals surface area contributed by atoms with Crippen molar-refractivity contribution in [2.45, 2.75) is 51.0 Å². The molecule has 154 valence electrons. The Morgan fingerprint density at radius 3 is 2.59 bits per heavy atom. The van der Waals surface area contributed by atoms with Gasteiger partial charge in [0.15, 0.2) is 11.5 Å². The molecule has 0 radical (unpaired) electrons. The van der Waals surface area contributed by atoms with Crippen molar-refractivity contribution < 1.29 is 9.47 Å². The summed E-state index contributed by atoms with van der Waals surface area (Å²) in [7, 11) is 3.36. The van der Waals surface area contributed by atoms with Gasteiger partial charge in [-0.15, -0.1) is 12.3 Å². The van der Waals surface area contributed by atoms with Crippen LogP contribution in [0.5, 0.6) is 11.5 Å². The molecule has 1 saturated heterocycles. The SMILES string of the molecule is C#CCCN1CCC(Nc2c3c(nc4cc(OC)c(OC)cc24)CCCC3)CC1. The fourth-order valence-electron chi connectivity index (χ4n) is 4.64. The average Bonchev–Trinajstić information content (AvgIpc) is 2.77. The van der Waals surface area contributed by atoms with E-state index < -0.39 is 0 Å². The van der Waals surface area contributed by atoms with Crippen LogP contribution in [0, 0.1) is 12.3 Å². The number of pyridine rings is 1. The molecule has 1 fully saturated rings. The molecule has 1 aliphatic heterocycles. The van der Waals surface area contributed by atoms with Crippen molar-refractivity contribution in [1.82, 2.24) is 9.88 Å². The Morgan fingerprint density at radius 1 is 1.14 bits per heavy atom.